The summed E-state index contributed by atoms with van der Waals surface area (Å²) in [6, 6.07) is 13.3. The minimum Gasteiger partial charge on any atom is -0.370 e. The van der Waals surface area contributed by atoms with E-state index in [1.165, 1.54) is 32.1 Å². The fraction of sp³-hybridized carbons (Fsp3) is 0.455. The van der Waals surface area contributed by atoms with Gasteiger partial charge in [-0.05, 0) is 23.6 Å². The molecule has 27 heavy (non-hydrogen) atoms. The van der Waals surface area contributed by atoms with Gasteiger partial charge in [0.05, 0.1) is 13.1 Å². The number of unbranched alkanes of at least 4 members (excludes halogenated alkanes) is 5. The Kier molecular flexibility index (Phi) is 9.18. The van der Waals surface area contributed by atoms with E-state index in [0.717, 1.165) is 24.1 Å². The lowest BCUT2D eigenvalue weighted by atomic mass is 10.1. The third kappa shape index (κ3) is 8.11. The first-order valence-corrected chi connectivity index (χ1v) is 9.96. The molecule has 0 aliphatic rings. The summed E-state index contributed by atoms with van der Waals surface area (Å²) in [6.07, 6.45) is 9.42. The fourth-order valence-electron chi connectivity index (χ4n) is 2.89. The second-order valence-electron chi connectivity index (χ2n) is 6.88. The summed E-state index contributed by atoms with van der Waals surface area (Å²) in [5.41, 5.74) is 8.13. The van der Waals surface area contributed by atoms with Gasteiger partial charge in [0, 0.05) is 18.8 Å². The van der Waals surface area contributed by atoms with Crippen LogP contribution in [0.15, 0.2) is 58.4 Å². The highest BCUT2D eigenvalue weighted by atomic mass is 16.1. The van der Waals surface area contributed by atoms with Gasteiger partial charge in [0.1, 0.15) is 0 Å². The molecule has 0 unspecified atom stereocenters. The van der Waals surface area contributed by atoms with E-state index in [4.69, 9.17) is 5.73 Å². The van der Waals surface area contributed by atoms with Crippen LogP contribution in [0.2, 0.25) is 0 Å². The Balaban J connectivity index is 1.71. The van der Waals surface area contributed by atoms with Gasteiger partial charge in [-0.15, -0.1) is 0 Å². The van der Waals surface area contributed by atoms with Crippen LogP contribution in [0.5, 0.6) is 0 Å². The second kappa shape index (κ2) is 11.9. The smallest absolute Gasteiger partial charge is 0.250 e. The van der Waals surface area contributed by atoms with Gasteiger partial charge in [0.15, 0.2) is 5.96 Å². The van der Waals surface area contributed by atoms with Crippen molar-refractivity contribution in [2.45, 2.75) is 58.5 Å². The number of guanidine groups is 1. The van der Waals surface area contributed by atoms with Crippen molar-refractivity contribution in [1.82, 2.24) is 9.88 Å². The first kappa shape index (κ1) is 20.7. The molecule has 0 amide bonds. The maximum atomic E-state index is 11.8. The van der Waals surface area contributed by atoms with Gasteiger partial charge in [-0.3, -0.25) is 4.79 Å². The molecule has 3 N–H and O–H groups in total. The van der Waals surface area contributed by atoms with Gasteiger partial charge in [-0.2, -0.15) is 0 Å². The van der Waals surface area contributed by atoms with Gasteiger partial charge >= 0.3 is 0 Å². The summed E-state index contributed by atoms with van der Waals surface area (Å²) in [4.78, 5) is 16.2. The molecule has 146 valence electrons. The van der Waals surface area contributed by atoms with Gasteiger partial charge in [0.2, 0.25) is 0 Å². The van der Waals surface area contributed by atoms with Gasteiger partial charge in [0.25, 0.3) is 5.56 Å². The van der Waals surface area contributed by atoms with Crippen LogP contribution in [-0.2, 0) is 13.1 Å². The molecule has 0 fully saturated rings. The summed E-state index contributed by atoms with van der Waals surface area (Å²) in [5, 5.41) is 3.18. The molecule has 0 bridgehead atoms. The molecular weight excluding hydrogens is 336 g/mol. The van der Waals surface area contributed by atoms with E-state index in [0.29, 0.717) is 19.0 Å². The average molecular weight is 369 g/mol. The van der Waals surface area contributed by atoms with E-state index in [9.17, 15) is 4.79 Å². The number of nitrogens with two attached hydrogens (primary N) is 1. The van der Waals surface area contributed by atoms with E-state index >= 15 is 0 Å². The number of hydrogen-bond acceptors (Lipinski definition) is 2. The molecule has 2 aromatic rings. The Labute approximate surface area is 162 Å². The molecule has 2 rings (SSSR count). The Morgan fingerprint density at radius 3 is 2.44 bits per heavy atom. The maximum Gasteiger partial charge on any atom is 0.250 e. The molecule has 1 aromatic heterocycles. The normalized spacial score (nSPS) is 11.5. The van der Waals surface area contributed by atoms with Crippen molar-refractivity contribution in [2.75, 3.05) is 6.54 Å². The maximum absolute atomic E-state index is 11.8. The number of nitrogens with zero attached hydrogens (tertiary/aromatic N) is 2. The Morgan fingerprint density at radius 2 is 1.70 bits per heavy atom. The molecule has 5 heteroatoms. The molecular formula is C22H32N4O. The van der Waals surface area contributed by atoms with E-state index in [-0.39, 0.29) is 5.56 Å². The van der Waals surface area contributed by atoms with Crippen LogP contribution in [0.1, 0.15) is 56.6 Å². The number of benzene rings is 1. The lowest BCUT2D eigenvalue weighted by Gasteiger charge is -2.07. The SMILES string of the molecule is CCCCCCCCNC(N)=NCc1ccc(Cn2ccccc2=O)cc1. The van der Waals surface area contributed by atoms with Crippen molar-refractivity contribution in [3.8, 4) is 0 Å². The molecule has 1 aromatic carbocycles. The molecule has 1 heterocycles. The van der Waals surface area contributed by atoms with E-state index in [2.05, 4.69) is 17.2 Å². The summed E-state index contributed by atoms with van der Waals surface area (Å²) < 4.78 is 1.69. The zero-order valence-electron chi connectivity index (χ0n) is 16.4. The lowest BCUT2D eigenvalue weighted by Crippen LogP contribution is -2.32. The highest BCUT2D eigenvalue weighted by Crippen LogP contribution is 2.07. The minimum absolute atomic E-state index is 0.00962. The van der Waals surface area contributed by atoms with Crippen molar-refractivity contribution >= 4 is 5.96 Å². The van der Waals surface area contributed by atoms with Crippen LogP contribution >= 0.6 is 0 Å². The van der Waals surface area contributed by atoms with Crippen LogP contribution in [0.3, 0.4) is 0 Å². The zero-order valence-corrected chi connectivity index (χ0v) is 16.4. The molecule has 0 saturated heterocycles. The topological polar surface area (TPSA) is 72.4 Å². The highest BCUT2D eigenvalue weighted by molar-refractivity contribution is 5.77. The van der Waals surface area contributed by atoms with Crippen LogP contribution in [0.25, 0.3) is 0 Å². The average Bonchev–Trinajstić information content (AvgIpc) is 2.68. The van der Waals surface area contributed by atoms with Crippen molar-refractivity contribution < 1.29 is 0 Å². The molecule has 0 spiro atoms. The van der Waals surface area contributed by atoms with E-state index < -0.39 is 0 Å². The number of aliphatic imine (C=N–C) groups is 1. The van der Waals surface area contributed by atoms with E-state index in [1.807, 2.05) is 30.3 Å². The van der Waals surface area contributed by atoms with Crippen molar-refractivity contribution in [2.24, 2.45) is 10.7 Å². The lowest BCUT2D eigenvalue weighted by molar-refractivity contribution is 0.601. The highest BCUT2D eigenvalue weighted by Gasteiger charge is 1.99. The zero-order chi connectivity index (χ0) is 19.3. The van der Waals surface area contributed by atoms with Crippen molar-refractivity contribution in [3.05, 3.63) is 70.1 Å². The Hall–Kier alpha value is -2.56. The molecule has 0 atom stereocenters. The number of pyridine rings is 1. The molecule has 0 radical (unpaired) electrons. The van der Waals surface area contributed by atoms with Gasteiger partial charge in [-0.25, -0.2) is 4.99 Å². The summed E-state index contributed by atoms with van der Waals surface area (Å²) in [7, 11) is 0. The summed E-state index contributed by atoms with van der Waals surface area (Å²) in [5.74, 6) is 0.503. The quantitative estimate of drug-likeness (QED) is 0.361. The largest absolute Gasteiger partial charge is 0.370 e. The predicted octanol–water partition coefficient (Wildman–Crippen LogP) is 3.66. The van der Waals surface area contributed by atoms with Gasteiger partial charge < -0.3 is 15.6 Å². The summed E-state index contributed by atoms with van der Waals surface area (Å²) >= 11 is 0. The monoisotopic (exact) mass is 368 g/mol. The number of nitrogens with one attached hydrogen (secondary N) is 1. The predicted molar refractivity (Wildman–Crippen MR) is 113 cm³/mol. The van der Waals surface area contributed by atoms with Crippen LogP contribution < -0.4 is 16.6 Å². The van der Waals surface area contributed by atoms with Crippen molar-refractivity contribution in [1.29, 1.82) is 0 Å². The van der Waals surface area contributed by atoms with Crippen LogP contribution in [-0.4, -0.2) is 17.1 Å². The first-order chi connectivity index (χ1) is 13.2. The van der Waals surface area contributed by atoms with Crippen molar-refractivity contribution in [3.63, 3.8) is 0 Å². The van der Waals surface area contributed by atoms with Crippen LogP contribution in [0, 0.1) is 0 Å². The molecule has 0 aliphatic heterocycles. The second-order valence-corrected chi connectivity index (χ2v) is 6.88. The molecule has 0 aliphatic carbocycles. The minimum atomic E-state index is 0.00962. The number of hydrogen-bond donors (Lipinski definition) is 2. The third-order valence-electron chi connectivity index (χ3n) is 4.54. The first-order valence-electron chi connectivity index (χ1n) is 9.96. The molecule has 5 nitrogen and oxygen atoms in total. The van der Waals surface area contributed by atoms with Crippen LogP contribution in [0.4, 0.5) is 0 Å². The number of aromatic nitrogens is 1. The Morgan fingerprint density at radius 1 is 1.00 bits per heavy atom. The molecule has 0 saturated carbocycles. The third-order valence-corrected chi connectivity index (χ3v) is 4.54. The van der Waals surface area contributed by atoms with Gasteiger partial charge in [-0.1, -0.05) is 69.4 Å². The standard InChI is InChI=1S/C22H32N4O/c1-2-3-4-5-6-8-15-24-22(23)25-17-19-11-13-20(14-12-19)18-26-16-9-7-10-21(26)27/h7,9-14,16H,2-6,8,15,17-18H2,1H3,(H3,23,24,25). The fourth-order valence-corrected chi connectivity index (χ4v) is 2.89. The summed E-state index contributed by atoms with van der Waals surface area (Å²) in [6.45, 7) is 4.25. The number of rotatable bonds is 11. The Bertz CT molecular complexity index is 749. The van der Waals surface area contributed by atoms with E-state index in [1.54, 1.807) is 22.9 Å².